The lowest BCUT2D eigenvalue weighted by Gasteiger charge is -2.14. The van der Waals surface area contributed by atoms with Gasteiger partial charge >= 0.3 is 0 Å². The molecule has 20 heavy (non-hydrogen) atoms. The van der Waals surface area contributed by atoms with E-state index in [2.05, 4.69) is 70.8 Å². The summed E-state index contributed by atoms with van der Waals surface area (Å²) in [6.45, 7) is 6.55. The van der Waals surface area contributed by atoms with Crippen LogP contribution in [0.3, 0.4) is 0 Å². The molecule has 0 N–H and O–H groups in total. The smallest absolute Gasteiger partial charge is 0.131 e. The van der Waals surface area contributed by atoms with E-state index in [1.165, 1.54) is 11.1 Å². The van der Waals surface area contributed by atoms with Gasteiger partial charge in [0.2, 0.25) is 0 Å². The second-order valence-electron chi connectivity index (χ2n) is 5.16. The molecule has 2 aromatic rings. The number of hydrogen-bond acceptors (Lipinski definition) is 1. The zero-order valence-electron chi connectivity index (χ0n) is 11.9. The van der Waals surface area contributed by atoms with Crippen LogP contribution in [-0.4, -0.2) is 0 Å². The number of hydrogen-bond donors (Lipinski definition) is 0. The van der Waals surface area contributed by atoms with Crippen molar-refractivity contribution in [3.63, 3.8) is 0 Å². The summed E-state index contributed by atoms with van der Waals surface area (Å²) in [5.41, 5.74) is 3.77. The number of aryl methyl sites for hydroxylation is 1. The topological polar surface area (TPSA) is 9.23 Å². The zero-order valence-corrected chi connectivity index (χ0v) is 15.1. The molecule has 0 radical (unpaired) electrons. The minimum atomic E-state index is 0.537. The van der Waals surface area contributed by atoms with Gasteiger partial charge in [0.15, 0.2) is 0 Å². The molecule has 0 unspecified atom stereocenters. The van der Waals surface area contributed by atoms with Crippen molar-refractivity contribution >= 4 is 31.9 Å². The van der Waals surface area contributed by atoms with Crippen molar-refractivity contribution in [1.29, 1.82) is 0 Å². The highest BCUT2D eigenvalue weighted by Crippen LogP contribution is 2.31. The molecule has 3 heteroatoms. The molecule has 0 atom stereocenters. The lowest BCUT2D eigenvalue weighted by molar-refractivity contribution is 0.477. The van der Waals surface area contributed by atoms with Crippen LogP contribution in [0.2, 0.25) is 0 Å². The Kier molecular flexibility index (Phi) is 5.28. The van der Waals surface area contributed by atoms with Crippen molar-refractivity contribution in [1.82, 2.24) is 0 Å². The van der Waals surface area contributed by atoms with Crippen LogP contribution in [0.15, 0.2) is 40.9 Å². The minimum Gasteiger partial charge on any atom is -0.457 e. The summed E-state index contributed by atoms with van der Waals surface area (Å²) in [4.78, 5) is 0. The van der Waals surface area contributed by atoms with Gasteiger partial charge in [0.05, 0.1) is 0 Å². The first-order chi connectivity index (χ1) is 9.51. The summed E-state index contributed by atoms with van der Waals surface area (Å²) < 4.78 is 7.08. The lowest BCUT2D eigenvalue weighted by Crippen LogP contribution is -1.94. The summed E-state index contributed by atoms with van der Waals surface area (Å²) >= 11 is 6.98. The van der Waals surface area contributed by atoms with Crippen molar-refractivity contribution in [3.05, 3.63) is 57.6 Å². The number of benzene rings is 2. The van der Waals surface area contributed by atoms with Gasteiger partial charge in [-0.25, -0.2) is 0 Å². The van der Waals surface area contributed by atoms with Gasteiger partial charge in [0.25, 0.3) is 0 Å². The number of rotatable bonds is 4. The zero-order chi connectivity index (χ0) is 14.7. The van der Waals surface area contributed by atoms with Gasteiger partial charge in [-0.05, 0) is 54.3 Å². The standard InChI is InChI=1S/C17H18Br2O/c1-11(2)16-6-5-15(8-12(16)3)20-17-7-4-14(19)9-13(17)10-18/h4-9,11H,10H2,1-3H3. The second kappa shape index (κ2) is 6.77. The van der Waals surface area contributed by atoms with Gasteiger partial charge in [-0.15, -0.1) is 0 Å². The van der Waals surface area contributed by atoms with Gasteiger partial charge < -0.3 is 4.74 Å². The van der Waals surface area contributed by atoms with E-state index in [0.717, 1.165) is 26.9 Å². The molecule has 0 spiro atoms. The van der Waals surface area contributed by atoms with Crippen LogP contribution < -0.4 is 4.74 Å². The second-order valence-corrected chi connectivity index (χ2v) is 6.64. The maximum atomic E-state index is 6.02. The van der Waals surface area contributed by atoms with Gasteiger partial charge in [-0.2, -0.15) is 0 Å². The largest absolute Gasteiger partial charge is 0.457 e. The molecule has 0 amide bonds. The summed E-state index contributed by atoms with van der Waals surface area (Å²) in [6, 6.07) is 12.4. The Bertz CT molecular complexity index is 606. The third-order valence-electron chi connectivity index (χ3n) is 3.26. The Morgan fingerprint density at radius 1 is 1.10 bits per heavy atom. The van der Waals surface area contributed by atoms with E-state index in [1.807, 2.05) is 18.2 Å². The number of alkyl halides is 1. The molecule has 0 bridgehead atoms. The molecule has 0 aliphatic heterocycles. The van der Waals surface area contributed by atoms with Crippen LogP contribution in [0.25, 0.3) is 0 Å². The maximum absolute atomic E-state index is 6.02. The Balaban J connectivity index is 2.28. The predicted octanol–water partition coefficient (Wildman–Crippen LogP) is 6.57. The summed E-state index contributed by atoms with van der Waals surface area (Å²) in [7, 11) is 0. The Hall–Kier alpha value is -0.800. The first kappa shape index (κ1) is 15.6. The molecule has 0 aliphatic carbocycles. The predicted molar refractivity (Wildman–Crippen MR) is 92.1 cm³/mol. The van der Waals surface area contributed by atoms with E-state index in [-0.39, 0.29) is 0 Å². The molecule has 0 heterocycles. The molecule has 1 nitrogen and oxygen atoms in total. The van der Waals surface area contributed by atoms with Crippen LogP contribution in [0.1, 0.15) is 36.5 Å². The molecule has 0 fully saturated rings. The number of ether oxygens (including phenoxy) is 1. The highest BCUT2D eigenvalue weighted by atomic mass is 79.9. The molecule has 0 saturated heterocycles. The van der Waals surface area contributed by atoms with Gasteiger partial charge in [-0.3, -0.25) is 0 Å². The van der Waals surface area contributed by atoms with Crippen LogP contribution in [0.4, 0.5) is 0 Å². The molecule has 2 rings (SSSR count). The molecular formula is C17H18Br2O. The van der Waals surface area contributed by atoms with E-state index in [4.69, 9.17) is 4.74 Å². The van der Waals surface area contributed by atoms with Gasteiger partial charge in [0.1, 0.15) is 11.5 Å². The van der Waals surface area contributed by atoms with E-state index >= 15 is 0 Å². The van der Waals surface area contributed by atoms with Crippen LogP contribution >= 0.6 is 31.9 Å². The third-order valence-corrected chi connectivity index (χ3v) is 4.35. The summed E-state index contributed by atoms with van der Waals surface area (Å²) in [5, 5.41) is 0.769. The van der Waals surface area contributed by atoms with E-state index in [1.54, 1.807) is 0 Å². The summed E-state index contributed by atoms with van der Waals surface area (Å²) in [6.07, 6.45) is 0. The highest BCUT2D eigenvalue weighted by Gasteiger charge is 2.08. The van der Waals surface area contributed by atoms with Gasteiger partial charge in [0, 0.05) is 15.4 Å². The van der Waals surface area contributed by atoms with Crippen LogP contribution in [0, 0.1) is 6.92 Å². The molecule has 0 aliphatic rings. The molecular weight excluding hydrogens is 380 g/mol. The fraction of sp³-hybridized carbons (Fsp3) is 0.294. The average Bonchev–Trinajstić information content (AvgIpc) is 2.40. The Labute approximate surface area is 137 Å². The van der Waals surface area contributed by atoms with Crippen molar-refractivity contribution in [2.45, 2.75) is 32.0 Å². The minimum absolute atomic E-state index is 0.537. The fourth-order valence-corrected chi connectivity index (χ4v) is 3.09. The van der Waals surface area contributed by atoms with Crippen molar-refractivity contribution in [2.24, 2.45) is 0 Å². The molecule has 106 valence electrons. The monoisotopic (exact) mass is 396 g/mol. The van der Waals surface area contributed by atoms with Gasteiger partial charge in [-0.1, -0.05) is 51.8 Å². The molecule has 2 aromatic carbocycles. The normalized spacial score (nSPS) is 10.9. The Morgan fingerprint density at radius 3 is 2.45 bits per heavy atom. The van der Waals surface area contributed by atoms with Crippen LogP contribution in [-0.2, 0) is 5.33 Å². The van der Waals surface area contributed by atoms with Crippen molar-refractivity contribution in [3.8, 4) is 11.5 Å². The SMILES string of the molecule is Cc1cc(Oc2ccc(Br)cc2CBr)ccc1C(C)C. The lowest BCUT2D eigenvalue weighted by atomic mass is 9.98. The van der Waals surface area contributed by atoms with E-state index < -0.39 is 0 Å². The third kappa shape index (κ3) is 3.64. The summed E-state index contributed by atoms with van der Waals surface area (Å²) in [5.74, 6) is 2.31. The number of halogens is 2. The highest BCUT2D eigenvalue weighted by molar-refractivity contribution is 9.10. The fourth-order valence-electron chi connectivity index (χ4n) is 2.24. The molecule has 0 saturated carbocycles. The maximum Gasteiger partial charge on any atom is 0.131 e. The van der Waals surface area contributed by atoms with Crippen LogP contribution in [0.5, 0.6) is 11.5 Å². The first-order valence-electron chi connectivity index (χ1n) is 6.64. The first-order valence-corrected chi connectivity index (χ1v) is 8.55. The average molecular weight is 398 g/mol. The Morgan fingerprint density at radius 2 is 1.85 bits per heavy atom. The van der Waals surface area contributed by atoms with Crippen molar-refractivity contribution in [2.75, 3.05) is 0 Å². The quantitative estimate of drug-likeness (QED) is 0.530. The van der Waals surface area contributed by atoms with E-state index in [0.29, 0.717) is 5.92 Å². The van der Waals surface area contributed by atoms with Crippen molar-refractivity contribution < 1.29 is 4.74 Å². The van der Waals surface area contributed by atoms with E-state index in [9.17, 15) is 0 Å². The molecule has 0 aromatic heterocycles.